The van der Waals surface area contributed by atoms with Crippen LogP contribution in [0.5, 0.6) is 0 Å². The van der Waals surface area contributed by atoms with Crippen LogP contribution in [0.25, 0.3) is 10.4 Å². The lowest BCUT2D eigenvalue weighted by molar-refractivity contribution is 0.00578. The topological polar surface area (TPSA) is 108 Å². The smallest absolute Gasteiger partial charge is 0.399 e. The maximum absolute atomic E-state index is 10.2. The van der Waals surface area contributed by atoms with Crippen molar-refractivity contribution in [3.8, 4) is 0 Å². The van der Waals surface area contributed by atoms with E-state index in [1.54, 1.807) is 12.1 Å². The summed E-state index contributed by atoms with van der Waals surface area (Å²) in [4.78, 5) is 2.62. The molecule has 0 radical (unpaired) electrons. The summed E-state index contributed by atoms with van der Waals surface area (Å²) in [5.74, 6) is 0. The molecule has 0 spiro atoms. The Kier molecular flexibility index (Phi) is 5.57. The van der Waals surface area contributed by atoms with Crippen LogP contribution in [-0.4, -0.2) is 41.2 Å². The van der Waals surface area contributed by atoms with Crippen molar-refractivity contribution in [2.75, 3.05) is 6.54 Å². The molecule has 7 nitrogen and oxygen atoms in total. The van der Waals surface area contributed by atoms with Crippen LogP contribution in [0.4, 0.5) is 0 Å². The number of aliphatic hydroxyl groups is 2. The van der Waals surface area contributed by atoms with E-state index < -0.39 is 30.5 Å². The first-order chi connectivity index (χ1) is 11.2. The molecule has 0 aromatic heterocycles. The second-order valence-corrected chi connectivity index (χ2v) is 7.01. The van der Waals surface area contributed by atoms with E-state index in [0.717, 1.165) is 5.46 Å². The second-order valence-electron chi connectivity index (χ2n) is 7.01. The number of benzene rings is 1. The Bertz CT molecular complexity index is 598. The van der Waals surface area contributed by atoms with Crippen molar-refractivity contribution in [1.82, 2.24) is 0 Å². The van der Waals surface area contributed by atoms with Crippen molar-refractivity contribution in [3.05, 3.63) is 40.3 Å². The van der Waals surface area contributed by atoms with Gasteiger partial charge in [0.2, 0.25) is 0 Å². The fourth-order valence-electron chi connectivity index (χ4n) is 2.44. The lowest BCUT2D eigenvalue weighted by atomic mass is 9.78. The Labute approximate surface area is 142 Å². The molecule has 1 saturated heterocycles. The molecule has 2 rings (SSSR count). The zero-order valence-corrected chi connectivity index (χ0v) is 14.5. The van der Waals surface area contributed by atoms with Crippen LogP contribution >= 0.6 is 0 Å². The van der Waals surface area contributed by atoms with Crippen molar-refractivity contribution in [2.45, 2.75) is 57.5 Å². The van der Waals surface area contributed by atoms with Crippen LogP contribution in [-0.2, 0) is 9.31 Å². The van der Waals surface area contributed by atoms with E-state index >= 15 is 0 Å². The highest BCUT2D eigenvalue weighted by atomic mass is 16.7. The van der Waals surface area contributed by atoms with Gasteiger partial charge in [0.25, 0.3) is 0 Å². The van der Waals surface area contributed by atoms with E-state index in [9.17, 15) is 10.2 Å². The molecule has 0 amide bonds. The SMILES string of the molecule is CC1(C)OB(c2ccc(C(O)C(O)CCN=[N+]=[N-])cc2)OC1(C)C. The molecule has 1 aliphatic rings. The van der Waals surface area contributed by atoms with E-state index in [2.05, 4.69) is 10.0 Å². The Morgan fingerprint density at radius 3 is 2.17 bits per heavy atom. The molecule has 2 atom stereocenters. The molecule has 0 bridgehead atoms. The minimum atomic E-state index is -1.04. The van der Waals surface area contributed by atoms with Gasteiger partial charge in [-0.2, -0.15) is 0 Å². The van der Waals surface area contributed by atoms with Crippen LogP contribution in [0.15, 0.2) is 29.4 Å². The molecule has 1 heterocycles. The van der Waals surface area contributed by atoms with Gasteiger partial charge in [-0.3, -0.25) is 0 Å². The van der Waals surface area contributed by atoms with Crippen LogP contribution in [0, 0.1) is 0 Å². The van der Waals surface area contributed by atoms with Crippen molar-refractivity contribution in [2.24, 2.45) is 5.11 Å². The number of nitrogens with zero attached hydrogens (tertiary/aromatic N) is 3. The molecule has 2 unspecified atom stereocenters. The van der Waals surface area contributed by atoms with E-state index in [-0.39, 0.29) is 13.0 Å². The normalized spacial score (nSPS) is 21.2. The molecular weight excluding hydrogens is 309 g/mol. The molecule has 2 N–H and O–H groups in total. The zero-order chi connectivity index (χ0) is 18.0. The van der Waals surface area contributed by atoms with Gasteiger partial charge in [-0.1, -0.05) is 29.4 Å². The predicted molar refractivity (Wildman–Crippen MR) is 91.8 cm³/mol. The van der Waals surface area contributed by atoms with Gasteiger partial charge in [0.05, 0.1) is 17.3 Å². The highest BCUT2D eigenvalue weighted by Crippen LogP contribution is 2.36. The molecule has 1 aromatic rings. The van der Waals surface area contributed by atoms with Crippen LogP contribution < -0.4 is 5.46 Å². The summed E-state index contributed by atoms with van der Waals surface area (Å²) >= 11 is 0. The highest BCUT2D eigenvalue weighted by molar-refractivity contribution is 6.62. The minimum Gasteiger partial charge on any atom is -0.399 e. The maximum atomic E-state index is 10.2. The number of aliphatic hydroxyl groups excluding tert-OH is 2. The summed E-state index contributed by atoms with van der Waals surface area (Å²) in [6, 6.07) is 7.12. The molecule has 130 valence electrons. The van der Waals surface area contributed by atoms with Crippen LogP contribution in [0.3, 0.4) is 0 Å². The maximum Gasteiger partial charge on any atom is 0.494 e. The average molecular weight is 333 g/mol. The number of rotatable bonds is 6. The molecule has 1 aliphatic heterocycles. The molecule has 0 saturated carbocycles. The summed E-state index contributed by atoms with van der Waals surface area (Å²) in [5, 5.41) is 23.5. The zero-order valence-electron chi connectivity index (χ0n) is 14.5. The standard InChI is InChI=1S/C16H24BN3O4/c1-15(2)16(3,4)24-17(23-15)12-7-5-11(6-8-12)14(22)13(21)9-10-19-20-18/h5-8,13-14,21-22H,9-10H2,1-4H3. The first kappa shape index (κ1) is 18.8. The number of hydrogen-bond acceptors (Lipinski definition) is 5. The first-order valence-corrected chi connectivity index (χ1v) is 8.00. The van der Waals surface area contributed by atoms with Crippen LogP contribution in [0.1, 0.15) is 45.8 Å². The van der Waals surface area contributed by atoms with Crippen molar-refractivity contribution in [3.63, 3.8) is 0 Å². The third-order valence-electron chi connectivity index (χ3n) is 4.76. The predicted octanol–water partition coefficient (Wildman–Crippen LogP) is 2.08. The fourth-order valence-corrected chi connectivity index (χ4v) is 2.44. The third kappa shape index (κ3) is 3.91. The third-order valence-corrected chi connectivity index (χ3v) is 4.76. The van der Waals surface area contributed by atoms with E-state index in [4.69, 9.17) is 14.8 Å². The Hall–Kier alpha value is -1.57. The first-order valence-electron chi connectivity index (χ1n) is 8.00. The van der Waals surface area contributed by atoms with Crippen molar-refractivity contribution in [1.29, 1.82) is 0 Å². The molecule has 1 aromatic carbocycles. The monoisotopic (exact) mass is 333 g/mol. The Morgan fingerprint density at radius 1 is 1.12 bits per heavy atom. The molecule has 0 aliphatic carbocycles. The second kappa shape index (κ2) is 7.13. The summed E-state index contributed by atoms with van der Waals surface area (Å²) in [7, 11) is -0.462. The quantitative estimate of drug-likeness (QED) is 0.360. The van der Waals surface area contributed by atoms with Gasteiger partial charge in [-0.05, 0) is 50.7 Å². The molecular formula is C16H24BN3O4. The van der Waals surface area contributed by atoms with Gasteiger partial charge in [0.1, 0.15) is 6.10 Å². The van der Waals surface area contributed by atoms with Crippen LogP contribution in [0.2, 0.25) is 0 Å². The molecule has 8 heteroatoms. The summed E-state index contributed by atoms with van der Waals surface area (Å²) in [5.41, 5.74) is 8.86. The van der Waals surface area contributed by atoms with Crippen molar-refractivity contribution >= 4 is 12.6 Å². The Balaban J connectivity index is 2.04. The highest BCUT2D eigenvalue weighted by Gasteiger charge is 2.51. The van der Waals surface area contributed by atoms with Gasteiger partial charge in [0, 0.05) is 11.5 Å². The summed E-state index contributed by atoms with van der Waals surface area (Å²) < 4.78 is 12.0. The van der Waals surface area contributed by atoms with Gasteiger partial charge in [0.15, 0.2) is 0 Å². The van der Waals surface area contributed by atoms with Gasteiger partial charge >= 0.3 is 7.12 Å². The summed E-state index contributed by atoms with van der Waals surface area (Å²) in [6.45, 7) is 8.10. The fraction of sp³-hybridized carbons (Fsp3) is 0.625. The van der Waals surface area contributed by atoms with Gasteiger partial charge in [-0.15, -0.1) is 0 Å². The van der Waals surface area contributed by atoms with E-state index in [0.29, 0.717) is 5.56 Å². The number of azide groups is 1. The van der Waals surface area contributed by atoms with Crippen molar-refractivity contribution < 1.29 is 19.5 Å². The Morgan fingerprint density at radius 2 is 1.67 bits per heavy atom. The van der Waals surface area contributed by atoms with Gasteiger partial charge < -0.3 is 19.5 Å². The van der Waals surface area contributed by atoms with Gasteiger partial charge in [-0.25, -0.2) is 0 Å². The largest absolute Gasteiger partial charge is 0.494 e. The molecule has 1 fully saturated rings. The summed E-state index contributed by atoms with van der Waals surface area (Å²) in [6.07, 6.45) is -1.83. The average Bonchev–Trinajstić information content (AvgIpc) is 2.75. The lowest BCUT2D eigenvalue weighted by Crippen LogP contribution is -2.41. The van der Waals surface area contributed by atoms with E-state index in [1.807, 2.05) is 39.8 Å². The van der Waals surface area contributed by atoms with E-state index in [1.165, 1.54) is 0 Å². The minimum absolute atomic E-state index is 0.140. The molecule has 24 heavy (non-hydrogen) atoms. The lowest BCUT2D eigenvalue weighted by Gasteiger charge is -2.32. The number of hydrogen-bond donors (Lipinski definition) is 2.